The average Bonchev–Trinajstić information content (AvgIpc) is 2.78. The van der Waals surface area contributed by atoms with Crippen molar-refractivity contribution in [2.75, 3.05) is 19.0 Å². The van der Waals surface area contributed by atoms with Crippen LogP contribution < -0.4 is 14.8 Å². The molecule has 0 radical (unpaired) electrons. The third kappa shape index (κ3) is 5.99. The summed E-state index contributed by atoms with van der Waals surface area (Å²) in [6, 6.07) is 18.7. The molecule has 0 atom stereocenters. The van der Waals surface area contributed by atoms with Crippen LogP contribution in [0.2, 0.25) is 5.02 Å². The quantitative estimate of drug-likeness (QED) is 0.478. The average molecular weight is 440 g/mol. The van der Waals surface area contributed by atoms with Gasteiger partial charge in [-0.1, -0.05) is 17.7 Å². The van der Waals surface area contributed by atoms with Crippen LogP contribution in [0.15, 0.2) is 66.7 Å². The summed E-state index contributed by atoms with van der Waals surface area (Å²) in [6.45, 7) is 2.26. The zero-order valence-corrected chi connectivity index (χ0v) is 17.9. The number of anilines is 1. The van der Waals surface area contributed by atoms with Gasteiger partial charge in [-0.05, 0) is 67.6 Å². The van der Waals surface area contributed by atoms with Crippen LogP contribution in [0.5, 0.6) is 11.5 Å². The molecule has 31 heavy (non-hydrogen) atoms. The molecule has 3 aromatic carbocycles. The minimum Gasteiger partial charge on any atom is -0.496 e. The van der Waals surface area contributed by atoms with E-state index >= 15 is 0 Å². The first-order chi connectivity index (χ1) is 15.0. The van der Waals surface area contributed by atoms with E-state index in [1.807, 2.05) is 0 Å². The van der Waals surface area contributed by atoms with Gasteiger partial charge in [0.15, 0.2) is 0 Å². The Kier molecular flexibility index (Phi) is 7.51. The Bertz CT molecular complexity index is 1070. The summed E-state index contributed by atoms with van der Waals surface area (Å²) < 4.78 is 16.1. The number of amides is 1. The van der Waals surface area contributed by atoms with E-state index in [1.165, 1.54) is 0 Å². The van der Waals surface area contributed by atoms with Crippen LogP contribution in [0.25, 0.3) is 0 Å². The summed E-state index contributed by atoms with van der Waals surface area (Å²) >= 11 is 5.99. The summed E-state index contributed by atoms with van der Waals surface area (Å²) in [5.74, 6) is 0.527. The van der Waals surface area contributed by atoms with Gasteiger partial charge in [-0.15, -0.1) is 0 Å². The number of ether oxygens (including phenoxy) is 3. The molecule has 0 aliphatic heterocycles. The van der Waals surface area contributed by atoms with Crippen LogP contribution in [0, 0.1) is 0 Å². The lowest BCUT2D eigenvalue weighted by Crippen LogP contribution is -2.13. The Balaban J connectivity index is 1.71. The maximum Gasteiger partial charge on any atom is 0.338 e. The molecule has 0 bridgehead atoms. The van der Waals surface area contributed by atoms with Crippen LogP contribution in [0.4, 0.5) is 5.69 Å². The number of hydrogen-bond acceptors (Lipinski definition) is 5. The van der Waals surface area contributed by atoms with Gasteiger partial charge in [0.25, 0.3) is 5.91 Å². The summed E-state index contributed by atoms with van der Waals surface area (Å²) in [5.41, 5.74) is 2.14. The smallest absolute Gasteiger partial charge is 0.338 e. The molecule has 0 heterocycles. The second kappa shape index (κ2) is 10.5. The molecule has 0 aliphatic rings. The summed E-state index contributed by atoms with van der Waals surface area (Å²) in [4.78, 5) is 24.4. The fraction of sp³-hybridized carbons (Fsp3) is 0.167. The van der Waals surface area contributed by atoms with Crippen LogP contribution >= 0.6 is 11.6 Å². The lowest BCUT2D eigenvalue weighted by Gasteiger charge is -2.13. The predicted molar refractivity (Wildman–Crippen MR) is 119 cm³/mol. The molecule has 160 valence electrons. The first kappa shape index (κ1) is 22.2. The maximum atomic E-state index is 12.7. The topological polar surface area (TPSA) is 73.9 Å². The first-order valence-electron chi connectivity index (χ1n) is 9.64. The number of methoxy groups -OCH3 is 1. The molecule has 6 nitrogen and oxygen atoms in total. The highest BCUT2D eigenvalue weighted by Gasteiger charge is 2.12. The molecular formula is C24H22ClNO5. The number of halogens is 1. The normalized spacial score (nSPS) is 10.3. The van der Waals surface area contributed by atoms with Crippen molar-refractivity contribution in [3.63, 3.8) is 0 Å². The van der Waals surface area contributed by atoms with Crippen molar-refractivity contribution in [3.8, 4) is 11.5 Å². The lowest BCUT2D eigenvalue weighted by atomic mass is 10.1. The number of hydrogen-bond donors (Lipinski definition) is 1. The SMILES string of the molecule is CCOC(=O)c1ccc(NC(=O)c2ccc(OC)c(COc3cccc(Cl)c3)c2)cc1. The van der Waals surface area contributed by atoms with E-state index in [1.54, 1.807) is 80.8 Å². The zero-order chi connectivity index (χ0) is 22.2. The highest BCUT2D eigenvalue weighted by atomic mass is 35.5. The molecule has 0 aromatic heterocycles. The number of carbonyl (C=O) groups is 2. The number of esters is 1. The maximum absolute atomic E-state index is 12.7. The lowest BCUT2D eigenvalue weighted by molar-refractivity contribution is 0.0526. The van der Waals surface area contributed by atoms with Crippen molar-refractivity contribution in [3.05, 3.63) is 88.4 Å². The molecule has 0 unspecified atom stereocenters. The van der Waals surface area contributed by atoms with E-state index in [-0.39, 0.29) is 12.5 Å². The van der Waals surface area contributed by atoms with Gasteiger partial charge in [0, 0.05) is 21.8 Å². The van der Waals surface area contributed by atoms with Gasteiger partial charge in [-0.25, -0.2) is 4.79 Å². The van der Waals surface area contributed by atoms with Gasteiger partial charge in [0.05, 0.1) is 19.3 Å². The molecule has 3 rings (SSSR count). The van der Waals surface area contributed by atoms with E-state index < -0.39 is 5.97 Å². The Morgan fingerprint density at radius 2 is 1.71 bits per heavy atom. The Morgan fingerprint density at radius 3 is 2.39 bits per heavy atom. The van der Waals surface area contributed by atoms with Gasteiger partial charge >= 0.3 is 5.97 Å². The number of benzene rings is 3. The molecule has 1 N–H and O–H groups in total. The van der Waals surface area contributed by atoms with Crippen molar-refractivity contribution in [2.24, 2.45) is 0 Å². The van der Waals surface area contributed by atoms with Gasteiger partial charge in [0.2, 0.25) is 0 Å². The first-order valence-corrected chi connectivity index (χ1v) is 10.0. The molecule has 0 aliphatic carbocycles. The van der Waals surface area contributed by atoms with Crippen molar-refractivity contribution >= 4 is 29.2 Å². The van der Waals surface area contributed by atoms with E-state index in [4.69, 9.17) is 25.8 Å². The molecular weight excluding hydrogens is 418 g/mol. The van der Waals surface area contributed by atoms with E-state index in [0.29, 0.717) is 45.5 Å². The summed E-state index contributed by atoms with van der Waals surface area (Å²) in [5, 5.41) is 3.39. The molecule has 3 aromatic rings. The van der Waals surface area contributed by atoms with Crippen LogP contribution in [0.3, 0.4) is 0 Å². The number of carbonyl (C=O) groups excluding carboxylic acids is 2. The van der Waals surface area contributed by atoms with Crippen molar-refractivity contribution in [1.29, 1.82) is 0 Å². The highest BCUT2D eigenvalue weighted by molar-refractivity contribution is 6.30. The van der Waals surface area contributed by atoms with Crippen molar-refractivity contribution in [1.82, 2.24) is 0 Å². The van der Waals surface area contributed by atoms with E-state index in [0.717, 1.165) is 0 Å². The second-order valence-corrected chi connectivity index (χ2v) is 6.96. The Labute approximate surface area is 185 Å². The minimum absolute atomic E-state index is 0.207. The summed E-state index contributed by atoms with van der Waals surface area (Å²) in [6.07, 6.45) is 0. The molecule has 1 amide bonds. The molecule has 0 fully saturated rings. The number of rotatable bonds is 8. The van der Waals surface area contributed by atoms with Gasteiger partial charge in [0.1, 0.15) is 18.1 Å². The predicted octanol–water partition coefficient (Wildman–Crippen LogP) is 5.36. The van der Waals surface area contributed by atoms with Crippen molar-refractivity contribution < 1.29 is 23.8 Å². The Hall–Kier alpha value is -3.51. The van der Waals surface area contributed by atoms with Gasteiger partial charge < -0.3 is 19.5 Å². The molecule has 0 saturated carbocycles. The summed E-state index contributed by atoms with van der Waals surface area (Å²) in [7, 11) is 1.56. The fourth-order valence-electron chi connectivity index (χ4n) is 2.86. The van der Waals surface area contributed by atoms with E-state index in [2.05, 4.69) is 5.32 Å². The third-order valence-corrected chi connectivity index (χ3v) is 4.62. The molecule has 0 spiro atoms. The highest BCUT2D eigenvalue weighted by Crippen LogP contribution is 2.24. The standard InChI is InChI=1S/C24H22ClNO5/c1-3-30-24(28)16-7-10-20(11-8-16)26-23(27)17-9-12-22(29-2)18(13-17)15-31-21-6-4-5-19(25)14-21/h4-14H,3,15H2,1-2H3,(H,26,27). The molecule has 0 saturated heterocycles. The van der Waals surface area contributed by atoms with Crippen LogP contribution in [-0.2, 0) is 11.3 Å². The monoisotopic (exact) mass is 439 g/mol. The van der Waals surface area contributed by atoms with Crippen molar-refractivity contribution in [2.45, 2.75) is 13.5 Å². The Morgan fingerprint density at radius 1 is 0.968 bits per heavy atom. The largest absolute Gasteiger partial charge is 0.496 e. The fourth-order valence-corrected chi connectivity index (χ4v) is 3.04. The number of nitrogens with one attached hydrogen (secondary N) is 1. The zero-order valence-electron chi connectivity index (χ0n) is 17.2. The van der Waals surface area contributed by atoms with E-state index in [9.17, 15) is 9.59 Å². The minimum atomic E-state index is -0.403. The van der Waals surface area contributed by atoms with Crippen LogP contribution in [0.1, 0.15) is 33.2 Å². The third-order valence-electron chi connectivity index (χ3n) is 4.39. The van der Waals surface area contributed by atoms with Crippen LogP contribution in [-0.4, -0.2) is 25.6 Å². The van der Waals surface area contributed by atoms with Gasteiger partial charge in [-0.2, -0.15) is 0 Å². The second-order valence-electron chi connectivity index (χ2n) is 6.52. The molecule has 7 heteroatoms. The van der Waals surface area contributed by atoms with Gasteiger partial charge in [-0.3, -0.25) is 4.79 Å².